The van der Waals surface area contributed by atoms with E-state index in [0.717, 1.165) is 55.2 Å². The van der Waals surface area contributed by atoms with Gasteiger partial charge in [0.1, 0.15) is 5.52 Å². The van der Waals surface area contributed by atoms with Crippen LogP contribution < -0.4 is 5.32 Å². The van der Waals surface area contributed by atoms with Crippen LogP contribution in [-0.4, -0.2) is 24.2 Å². The Morgan fingerprint density at radius 1 is 1.44 bits per heavy atom. The lowest BCUT2D eigenvalue weighted by molar-refractivity contribution is 0.0876. The van der Waals surface area contributed by atoms with Crippen molar-refractivity contribution in [1.82, 2.24) is 4.98 Å². The van der Waals surface area contributed by atoms with Gasteiger partial charge in [0.15, 0.2) is 11.5 Å². The van der Waals surface area contributed by atoms with E-state index in [4.69, 9.17) is 9.15 Å². The minimum absolute atomic E-state index is 0.411. The largest absolute Gasteiger partial charge is 0.441 e. The molecule has 0 aliphatic carbocycles. The van der Waals surface area contributed by atoms with Gasteiger partial charge in [0.05, 0.1) is 6.61 Å². The molecule has 4 nitrogen and oxygen atoms in total. The quantitative estimate of drug-likeness (QED) is 0.904. The van der Waals surface area contributed by atoms with Crippen molar-refractivity contribution in [2.75, 3.05) is 18.5 Å². The van der Waals surface area contributed by atoms with E-state index in [1.807, 2.05) is 25.1 Å². The number of anilines is 1. The summed E-state index contributed by atoms with van der Waals surface area (Å²) in [5, 5.41) is 3.49. The zero-order valence-electron chi connectivity index (χ0n) is 10.6. The van der Waals surface area contributed by atoms with Crippen molar-refractivity contribution < 1.29 is 9.15 Å². The molecule has 1 N–H and O–H groups in total. The second-order valence-electron chi connectivity index (χ2n) is 4.70. The van der Waals surface area contributed by atoms with Gasteiger partial charge in [-0.2, -0.15) is 0 Å². The van der Waals surface area contributed by atoms with Gasteiger partial charge < -0.3 is 14.5 Å². The predicted octanol–water partition coefficient (Wildman–Crippen LogP) is 2.98. The molecule has 18 heavy (non-hydrogen) atoms. The first-order valence-corrected chi connectivity index (χ1v) is 6.59. The molecular formula is C14H18N2O2. The molecule has 1 aromatic carbocycles. The topological polar surface area (TPSA) is 47.3 Å². The minimum Gasteiger partial charge on any atom is -0.441 e. The number of hydrogen-bond acceptors (Lipinski definition) is 4. The third-order valence-corrected chi connectivity index (χ3v) is 3.27. The second kappa shape index (κ2) is 4.98. The zero-order valence-corrected chi connectivity index (χ0v) is 10.6. The average Bonchev–Trinajstić information content (AvgIpc) is 2.82. The highest BCUT2D eigenvalue weighted by atomic mass is 16.5. The number of ether oxygens (including phenoxy) is 1. The van der Waals surface area contributed by atoms with E-state index >= 15 is 0 Å². The van der Waals surface area contributed by atoms with Crippen molar-refractivity contribution in [2.45, 2.75) is 32.2 Å². The summed E-state index contributed by atoms with van der Waals surface area (Å²) in [6.45, 7) is 3.72. The molecule has 1 saturated heterocycles. The van der Waals surface area contributed by atoms with Crippen molar-refractivity contribution in [1.29, 1.82) is 0 Å². The van der Waals surface area contributed by atoms with E-state index in [1.54, 1.807) is 0 Å². The zero-order chi connectivity index (χ0) is 12.4. The number of rotatable bonds is 3. The summed E-state index contributed by atoms with van der Waals surface area (Å²) in [6, 6.07) is 6.48. The molecule has 1 unspecified atom stereocenters. The van der Waals surface area contributed by atoms with Crippen molar-refractivity contribution in [2.24, 2.45) is 0 Å². The van der Waals surface area contributed by atoms with Crippen molar-refractivity contribution in [3.63, 3.8) is 0 Å². The van der Waals surface area contributed by atoms with Gasteiger partial charge in [0.2, 0.25) is 0 Å². The lowest BCUT2D eigenvalue weighted by Crippen LogP contribution is -2.29. The average molecular weight is 246 g/mol. The Morgan fingerprint density at radius 3 is 3.17 bits per heavy atom. The van der Waals surface area contributed by atoms with Gasteiger partial charge in [-0.1, -0.05) is 6.92 Å². The maximum absolute atomic E-state index is 5.60. The number of aryl methyl sites for hydroxylation is 1. The van der Waals surface area contributed by atoms with Gasteiger partial charge in [-0.25, -0.2) is 4.98 Å². The fraction of sp³-hybridized carbons (Fsp3) is 0.500. The Bertz CT molecular complexity index is 530. The van der Waals surface area contributed by atoms with E-state index < -0.39 is 0 Å². The van der Waals surface area contributed by atoms with Gasteiger partial charge in [0, 0.05) is 24.8 Å². The van der Waals surface area contributed by atoms with Crippen molar-refractivity contribution in [3.05, 3.63) is 24.1 Å². The van der Waals surface area contributed by atoms with Crippen LogP contribution in [0.5, 0.6) is 0 Å². The summed E-state index contributed by atoms with van der Waals surface area (Å²) in [7, 11) is 0. The van der Waals surface area contributed by atoms with Gasteiger partial charge in [-0.05, 0) is 31.0 Å². The van der Waals surface area contributed by atoms with E-state index in [1.165, 1.54) is 0 Å². The number of nitrogens with zero attached hydrogens (tertiary/aromatic N) is 1. The maximum Gasteiger partial charge on any atom is 0.195 e. The first kappa shape index (κ1) is 11.5. The van der Waals surface area contributed by atoms with Crippen LogP contribution in [0.1, 0.15) is 25.7 Å². The number of aromatic nitrogens is 1. The summed E-state index contributed by atoms with van der Waals surface area (Å²) in [6.07, 6.45) is 3.12. The van der Waals surface area contributed by atoms with Gasteiger partial charge in [-0.15, -0.1) is 0 Å². The fourth-order valence-electron chi connectivity index (χ4n) is 2.31. The molecule has 1 aliphatic heterocycles. The summed E-state index contributed by atoms with van der Waals surface area (Å²) >= 11 is 0. The first-order valence-electron chi connectivity index (χ1n) is 6.59. The molecule has 1 fully saturated rings. The fourth-order valence-corrected chi connectivity index (χ4v) is 2.31. The highest BCUT2D eigenvalue weighted by molar-refractivity contribution is 5.77. The number of fused-ring (bicyclic) bond motifs is 1. The molecule has 0 amide bonds. The minimum atomic E-state index is 0.411. The van der Waals surface area contributed by atoms with E-state index in [9.17, 15) is 0 Å². The molecule has 1 atom stereocenters. The lowest BCUT2D eigenvalue weighted by atomic mass is 10.1. The van der Waals surface area contributed by atoms with Crippen LogP contribution in [0.3, 0.4) is 0 Å². The van der Waals surface area contributed by atoms with Gasteiger partial charge in [-0.3, -0.25) is 0 Å². The Hall–Kier alpha value is -1.55. The third kappa shape index (κ3) is 2.34. The molecule has 0 radical (unpaired) electrons. The number of benzene rings is 1. The molecular weight excluding hydrogens is 228 g/mol. The molecule has 1 aromatic heterocycles. The molecule has 0 bridgehead atoms. The summed E-state index contributed by atoms with van der Waals surface area (Å²) < 4.78 is 11.1. The van der Waals surface area contributed by atoms with Crippen molar-refractivity contribution >= 4 is 16.8 Å². The highest BCUT2D eigenvalue weighted by Gasteiger charge is 2.14. The van der Waals surface area contributed by atoms with E-state index in [2.05, 4.69) is 10.3 Å². The first-order chi connectivity index (χ1) is 8.85. The molecule has 1 aliphatic rings. The maximum atomic E-state index is 5.60. The third-order valence-electron chi connectivity index (χ3n) is 3.27. The Labute approximate surface area is 106 Å². The number of hydrogen-bond donors (Lipinski definition) is 1. The Morgan fingerprint density at radius 2 is 2.39 bits per heavy atom. The van der Waals surface area contributed by atoms with Crippen LogP contribution in [0.4, 0.5) is 5.69 Å². The SMILES string of the molecule is CCc1nc2cc(NC3CCCOC3)ccc2o1. The van der Waals surface area contributed by atoms with Crippen LogP contribution in [0.25, 0.3) is 11.1 Å². The predicted molar refractivity (Wildman–Crippen MR) is 70.9 cm³/mol. The normalized spacial score (nSPS) is 20.2. The summed E-state index contributed by atoms with van der Waals surface area (Å²) in [5.74, 6) is 0.795. The van der Waals surface area contributed by atoms with Gasteiger partial charge in [0.25, 0.3) is 0 Å². The molecule has 0 spiro atoms. The van der Waals surface area contributed by atoms with Crippen molar-refractivity contribution in [3.8, 4) is 0 Å². The van der Waals surface area contributed by atoms with Crippen LogP contribution in [-0.2, 0) is 11.2 Å². The van der Waals surface area contributed by atoms with Crippen LogP contribution in [0, 0.1) is 0 Å². The molecule has 96 valence electrons. The Kier molecular flexibility index (Phi) is 3.19. The Balaban J connectivity index is 1.79. The molecule has 4 heteroatoms. The van der Waals surface area contributed by atoms with E-state index in [0.29, 0.717) is 6.04 Å². The standard InChI is InChI=1S/C14H18N2O2/c1-2-14-16-12-8-10(5-6-13(12)18-14)15-11-4-3-7-17-9-11/h5-6,8,11,15H,2-4,7,9H2,1H3. The molecule has 2 aromatic rings. The lowest BCUT2D eigenvalue weighted by Gasteiger charge is -2.24. The van der Waals surface area contributed by atoms with Crippen LogP contribution in [0.15, 0.2) is 22.6 Å². The second-order valence-corrected chi connectivity index (χ2v) is 4.70. The van der Waals surface area contributed by atoms with Crippen LogP contribution in [0.2, 0.25) is 0 Å². The highest BCUT2D eigenvalue weighted by Crippen LogP contribution is 2.22. The molecule has 2 heterocycles. The number of oxazole rings is 1. The summed E-state index contributed by atoms with van der Waals surface area (Å²) in [5.41, 5.74) is 2.87. The van der Waals surface area contributed by atoms with E-state index in [-0.39, 0.29) is 0 Å². The number of nitrogens with one attached hydrogen (secondary N) is 1. The molecule has 3 rings (SSSR count). The summed E-state index contributed by atoms with van der Waals surface area (Å²) in [4.78, 5) is 4.45. The monoisotopic (exact) mass is 246 g/mol. The van der Waals surface area contributed by atoms with Crippen LogP contribution >= 0.6 is 0 Å². The van der Waals surface area contributed by atoms with Gasteiger partial charge >= 0.3 is 0 Å². The smallest absolute Gasteiger partial charge is 0.195 e. The molecule has 0 saturated carbocycles.